The van der Waals surface area contributed by atoms with Gasteiger partial charge in [-0.2, -0.15) is 5.26 Å². The molecule has 1 rings (SSSR count). The SMILES string of the molecule is CCCCCC1=C(C#N)CC1. The topological polar surface area (TPSA) is 23.8 Å². The van der Waals surface area contributed by atoms with Crippen LogP contribution in [0.2, 0.25) is 0 Å². The maximum Gasteiger partial charge on any atom is 0.0946 e. The van der Waals surface area contributed by atoms with Gasteiger partial charge in [0.15, 0.2) is 0 Å². The van der Waals surface area contributed by atoms with E-state index in [1.807, 2.05) is 0 Å². The van der Waals surface area contributed by atoms with Crippen LogP contribution in [0.3, 0.4) is 0 Å². The van der Waals surface area contributed by atoms with Gasteiger partial charge in [-0.15, -0.1) is 0 Å². The molecular formula is C10H15N. The van der Waals surface area contributed by atoms with Gasteiger partial charge in [-0.3, -0.25) is 0 Å². The van der Waals surface area contributed by atoms with Crippen molar-refractivity contribution in [2.75, 3.05) is 0 Å². The van der Waals surface area contributed by atoms with Crippen molar-refractivity contribution in [3.8, 4) is 6.07 Å². The predicted molar refractivity (Wildman–Crippen MR) is 46.0 cm³/mol. The van der Waals surface area contributed by atoms with E-state index in [2.05, 4.69) is 13.0 Å². The van der Waals surface area contributed by atoms with E-state index >= 15 is 0 Å². The van der Waals surface area contributed by atoms with E-state index in [0.717, 1.165) is 12.0 Å². The Morgan fingerprint density at radius 3 is 2.64 bits per heavy atom. The van der Waals surface area contributed by atoms with Crippen LogP contribution in [0.15, 0.2) is 11.1 Å². The Balaban J connectivity index is 2.23. The first-order valence-corrected chi connectivity index (χ1v) is 4.49. The molecule has 0 radical (unpaired) electrons. The summed E-state index contributed by atoms with van der Waals surface area (Å²) in [6, 6.07) is 2.26. The van der Waals surface area contributed by atoms with Crippen molar-refractivity contribution in [2.45, 2.75) is 45.4 Å². The predicted octanol–water partition coefficient (Wildman–Crippen LogP) is 3.18. The average Bonchev–Trinajstić information content (AvgIpc) is 1.97. The second-order valence-corrected chi connectivity index (χ2v) is 3.15. The molecule has 0 aliphatic heterocycles. The van der Waals surface area contributed by atoms with Gasteiger partial charge < -0.3 is 0 Å². The number of allylic oxidation sites excluding steroid dienone is 2. The van der Waals surface area contributed by atoms with Crippen LogP contribution in [0.4, 0.5) is 0 Å². The summed E-state index contributed by atoms with van der Waals surface area (Å²) in [7, 11) is 0. The maximum absolute atomic E-state index is 8.61. The summed E-state index contributed by atoms with van der Waals surface area (Å²) in [4.78, 5) is 0. The largest absolute Gasteiger partial charge is 0.193 e. The lowest BCUT2D eigenvalue weighted by Crippen LogP contribution is -2.02. The molecule has 0 aromatic heterocycles. The number of nitriles is 1. The lowest BCUT2D eigenvalue weighted by atomic mass is 9.86. The Hall–Kier alpha value is -0.770. The highest BCUT2D eigenvalue weighted by Crippen LogP contribution is 2.30. The molecule has 1 aliphatic rings. The third kappa shape index (κ3) is 2.08. The van der Waals surface area contributed by atoms with Crippen molar-refractivity contribution in [1.29, 1.82) is 5.26 Å². The Morgan fingerprint density at radius 2 is 2.18 bits per heavy atom. The molecule has 0 unspecified atom stereocenters. The zero-order valence-corrected chi connectivity index (χ0v) is 7.19. The molecule has 1 nitrogen and oxygen atoms in total. The minimum absolute atomic E-state index is 1.04. The maximum atomic E-state index is 8.61. The van der Waals surface area contributed by atoms with Gasteiger partial charge in [0.2, 0.25) is 0 Å². The van der Waals surface area contributed by atoms with Crippen molar-refractivity contribution in [3.05, 3.63) is 11.1 Å². The van der Waals surface area contributed by atoms with Gasteiger partial charge in [-0.1, -0.05) is 25.3 Å². The Bertz CT molecular complexity index is 195. The van der Waals surface area contributed by atoms with Gasteiger partial charge in [-0.25, -0.2) is 0 Å². The summed E-state index contributed by atoms with van der Waals surface area (Å²) in [6.07, 6.45) is 7.26. The first-order chi connectivity index (χ1) is 5.38. The zero-order valence-electron chi connectivity index (χ0n) is 7.19. The van der Waals surface area contributed by atoms with E-state index < -0.39 is 0 Å². The molecule has 0 N–H and O–H groups in total. The molecule has 11 heavy (non-hydrogen) atoms. The molecule has 0 fully saturated rings. The molecule has 60 valence electrons. The van der Waals surface area contributed by atoms with Crippen molar-refractivity contribution in [3.63, 3.8) is 0 Å². The Morgan fingerprint density at radius 1 is 1.36 bits per heavy atom. The standard InChI is InChI=1S/C10H15N/c1-2-3-4-5-9-6-7-10(9)8-11/h2-7H2,1H3. The smallest absolute Gasteiger partial charge is 0.0946 e. The first kappa shape index (κ1) is 8.33. The van der Waals surface area contributed by atoms with Gasteiger partial charge in [-0.05, 0) is 25.7 Å². The van der Waals surface area contributed by atoms with E-state index in [4.69, 9.17) is 5.26 Å². The molecule has 0 atom stereocenters. The van der Waals surface area contributed by atoms with Crippen LogP contribution in [-0.4, -0.2) is 0 Å². The van der Waals surface area contributed by atoms with Gasteiger partial charge in [0.05, 0.1) is 6.07 Å². The normalized spacial score (nSPS) is 16.0. The van der Waals surface area contributed by atoms with Crippen molar-refractivity contribution >= 4 is 0 Å². The fourth-order valence-electron chi connectivity index (χ4n) is 1.43. The highest BCUT2D eigenvalue weighted by Gasteiger charge is 2.15. The molecule has 0 bridgehead atoms. The summed E-state index contributed by atoms with van der Waals surface area (Å²) in [5, 5.41) is 8.61. The first-order valence-electron chi connectivity index (χ1n) is 4.49. The molecule has 0 aromatic carbocycles. The monoisotopic (exact) mass is 149 g/mol. The molecule has 0 aromatic rings. The van der Waals surface area contributed by atoms with E-state index in [1.54, 1.807) is 0 Å². The third-order valence-electron chi connectivity index (χ3n) is 2.32. The molecule has 0 spiro atoms. The summed E-state index contributed by atoms with van der Waals surface area (Å²) in [6.45, 7) is 2.21. The molecular weight excluding hydrogens is 134 g/mol. The van der Waals surface area contributed by atoms with Crippen LogP contribution in [-0.2, 0) is 0 Å². The molecule has 1 aliphatic carbocycles. The zero-order chi connectivity index (χ0) is 8.10. The Kier molecular flexibility index (Phi) is 3.16. The second kappa shape index (κ2) is 4.18. The summed E-state index contributed by atoms with van der Waals surface area (Å²) in [5.74, 6) is 0. The van der Waals surface area contributed by atoms with Crippen molar-refractivity contribution < 1.29 is 0 Å². The van der Waals surface area contributed by atoms with Gasteiger partial charge in [0.25, 0.3) is 0 Å². The van der Waals surface area contributed by atoms with Crippen LogP contribution < -0.4 is 0 Å². The van der Waals surface area contributed by atoms with E-state index in [-0.39, 0.29) is 0 Å². The summed E-state index contributed by atoms with van der Waals surface area (Å²) >= 11 is 0. The molecule has 0 heterocycles. The summed E-state index contributed by atoms with van der Waals surface area (Å²) < 4.78 is 0. The van der Waals surface area contributed by atoms with E-state index in [0.29, 0.717) is 0 Å². The molecule has 1 heteroatoms. The third-order valence-corrected chi connectivity index (χ3v) is 2.32. The lowest BCUT2D eigenvalue weighted by Gasteiger charge is -2.17. The number of hydrogen-bond acceptors (Lipinski definition) is 1. The van der Waals surface area contributed by atoms with Gasteiger partial charge in [0.1, 0.15) is 0 Å². The minimum Gasteiger partial charge on any atom is -0.193 e. The van der Waals surface area contributed by atoms with Crippen LogP contribution in [0.1, 0.15) is 45.4 Å². The van der Waals surface area contributed by atoms with E-state index in [1.165, 1.54) is 37.7 Å². The molecule has 0 saturated heterocycles. The molecule has 0 amide bonds. The Labute approximate surface area is 68.7 Å². The van der Waals surface area contributed by atoms with Crippen LogP contribution in [0.5, 0.6) is 0 Å². The van der Waals surface area contributed by atoms with Gasteiger partial charge in [0, 0.05) is 5.57 Å². The van der Waals surface area contributed by atoms with Crippen LogP contribution in [0, 0.1) is 11.3 Å². The average molecular weight is 149 g/mol. The van der Waals surface area contributed by atoms with Crippen molar-refractivity contribution in [1.82, 2.24) is 0 Å². The van der Waals surface area contributed by atoms with Crippen LogP contribution in [0.25, 0.3) is 0 Å². The number of hydrogen-bond donors (Lipinski definition) is 0. The number of nitrogens with zero attached hydrogens (tertiary/aromatic N) is 1. The van der Waals surface area contributed by atoms with Crippen molar-refractivity contribution in [2.24, 2.45) is 0 Å². The fourth-order valence-corrected chi connectivity index (χ4v) is 1.43. The van der Waals surface area contributed by atoms with Crippen LogP contribution >= 0.6 is 0 Å². The molecule has 0 saturated carbocycles. The highest BCUT2D eigenvalue weighted by atomic mass is 14.3. The summed E-state index contributed by atoms with van der Waals surface area (Å²) in [5.41, 5.74) is 2.50. The lowest BCUT2D eigenvalue weighted by molar-refractivity contribution is 0.663. The minimum atomic E-state index is 1.04. The quantitative estimate of drug-likeness (QED) is 0.563. The van der Waals surface area contributed by atoms with E-state index in [9.17, 15) is 0 Å². The number of rotatable bonds is 4. The fraction of sp³-hybridized carbons (Fsp3) is 0.700. The van der Waals surface area contributed by atoms with Gasteiger partial charge >= 0.3 is 0 Å². The highest BCUT2D eigenvalue weighted by molar-refractivity contribution is 5.35. The second-order valence-electron chi connectivity index (χ2n) is 3.15. The number of unbranched alkanes of at least 4 members (excludes halogenated alkanes) is 2.